The van der Waals surface area contributed by atoms with Crippen LogP contribution < -0.4 is 11.1 Å². The van der Waals surface area contributed by atoms with E-state index in [-0.39, 0.29) is 24.9 Å². The maximum absolute atomic E-state index is 12.1. The third-order valence-electron chi connectivity index (χ3n) is 4.19. The van der Waals surface area contributed by atoms with Crippen LogP contribution in [0.25, 0.3) is 0 Å². The summed E-state index contributed by atoms with van der Waals surface area (Å²) in [5.74, 6) is -0.879. The highest BCUT2D eigenvalue weighted by molar-refractivity contribution is 5.85. The van der Waals surface area contributed by atoms with Crippen LogP contribution in [0.5, 0.6) is 0 Å². The maximum atomic E-state index is 12.1. The number of benzene rings is 1. The van der Waals surface area contributed by atoms with Crippen molar-refractivity contribution in [3.63, 3.8) is 0 Å². The lowest BCUT2D eigenvalue weighted by molar-refractivity contribution is -0.137. The normalized spacial score (nSPS) is 18.2. The monoisotopic (exact) mass is 332 g/mol. The summed E-state index contributed by atoms with van der Waals surface area (Å²) in [6.45, 7) is 3.41. The quantitative estimate of drug-likeness (QED) is 0.724. The largest absolute Gasteiger partial charge is 0.368 e. The van der Waals surface area contributed by atoms with E-state index in [0.29, 0.717) is 19.6 Å². The van der Waals surface area contributed by atoms with Crippen molar-refractivity contribution in [2.45, 2.75) is 19.4 Å². The number of primary amides is 1. The van der Waals surface area contributed by atoms with Crippen LogP contribution in [-0.2, 0) is 20.8 Å². The first kappa shape index (κ1) is 17.9. The van der Waals surface area contributed by atoms with E-state index < -0.39 is 11.9 Å². The molecule has 3 N–H and O–H groups in total. The summed E-state index contributed by atoms with van der Waals surface area (Å²) in [5, 5.41) is 2.48. The molecule has 2 rings (SSSR count). The highest BCUT2D eigenvalue weighted by atomic mass is 16.2. The van der Waals surface area contributed by atoms with E-state index in [4.69, 9.17) is 5.73 Å². The summed E-state index contributed by atoms with van der Waals surface area (Å²) >= 11 is 0. The second-order valence-electron chi connectivity index (χ2n) is 5.94. The van der Waals surface area contributed by atoms with E-state index in [9.17, 15) is 14.4 Å². The average molecular weight is 332 g/mol. The Morgan fingerprint density at radius 3 is 2.54 bits per heavy atom. The van der Waals surface area contributed by atoms with Crippen molar-refractivity contribution in [3.8, 4) is 0 Å². The minimum absolute atomic E-state index is 0.0508. The second-order valence-corrected chi connectivity index (χ2v) is 5.94. The Labute approximate surface area is 141 Å². The number of carbonyl (C=O) groups is 3. The van der Waals surface area contributed by atoms with E-state index in [2.05, 4.69) is 5.32 Å². The van der Waals surface area contributed by atoms with Crippen LogP contribution in [0.4, 0.5) is 0 Å². The Morgan fingerprint density at radius 2 is 1.92 bits per heavy atom. The second kappa shape index (κ2) is 8.44. The number of carbonyl (C=O) groups excluding carboxylic acids is 3. The van der Waals surface area contributed by atoms with Crippen LogP contribution in [0, 0.1) is 0 Å². The summed E-state index contributed by atoms with van der Waals surface area (Å²) in [7, 11) is 0. The van der Waals surface area contributed by atoms with Gasteiger partial charge in [0.15, 0.2) is 0 Å². The van der Waals surface area contributed by atoms with Gasteiger partial charge in [0.2, 0.25) is 17.7 Å². The first-order valence-corrected chi connectivity index (χ1v) is 8.07. The number of nitrogens with zero attached hydrogens (tertiary/aromatic N) is 2. The van der Waals surface area contributed by atoms with Crippen molar-refractivity contribution in [3.05, 3.63) is 35.9 Å². The summed E-state index contributed by atoms with van der Waals surface area (Å²) in [6.07, 6.45) is 0.824. The molecule has 1 saturated heterocycles. The molecule has 1 aliphatic rings. The highest BCUT2D eigenvalue weighted by Gasteiger charge is 2.32. The molecule has 1 heterocycles. The van der Waals surface area contributed by atoms with Gasteiger partial charge >= 0.3 is 0 Å². The predicted octanol–water partition coefficient (Wildman–Crippen LogP) is -0.637. The van der Waals surface area contributed by atoms with Crippen molar-refractivity contribution in [2.24, 2.45) is 5.73 Å². The molecular weight excluding hydrogens is 308 g/mol. The van der Waals surface area contributed by atoms with Crippen molar-refractivity contribution in [1.82, 2.24) is 15.1 Å². The van der Waals surface area contributed by atoms with Crippen molar-refractivity contribution in [1.29, 1.82) is 0 Å². The highest BCUT2D eigenvalue weighted by Crippen LogP contribution is 2.12. The lowest BCUT2D eigenvalue weighted by atomic mass is 10.1. The number of rotatable bonds is 6. The van der Waals surface area contributed by atoms with Crippen LogP contribution in [0.15, 0.2) is 30.3 Å². The van der Waals surface area contributed by atoms with Crippen LogP contribution in [0.3, 0.4) is 0 Å². The van der Waals surface area contributed by atoms with Gasteiger partial charge < -0.3 is 16.0 Å². The molecule has 7 heteroatoms. The summed E-state index contributed by atoms with van der Waals surface area (Å²) < 4.78 is 0. The van der Waals surface area contributed by atoms with E-state index in [0.717, 1.165) is 6.42 Å². The zero-order chi connectivity index (χ0) is 17.5. The molecular formula is C17H24N4O3. The SMILES string of the molecule is CC(=O)NCC(=O)N1CCN(CCc2ccccc2)[C@H](C(N)=O)C1. The first-order chi connectivity index (χ1) is 11.5. The zero-order valence-corrected chi connectivity index (χ0v) is 13.9. The fourth-order valence-electron chi connectivity index (χ4n) is 2.81. The predicted molar refractivity (Wildman–Crippen MR) is 90.0 cm³/mol. The van der Waals surface area contributed by atoms with E-state index in [1.165, 1.54) is 12.5 Å². The topological polar surface area (TPSA) is 95.7 Å². The Balaban J connectivity index is 1.91. The standard InChI is InChI=1S/C17H24N4O3/c1-13(22)19-11-16(23)21-10-9-20(15(12-21)17(18)24)8-7-14-5-3-2-4-6-14/h2-6,15H,7-12H2,1H3,(H2,18,24)(H,19,22)/t15-/m0/s1. The molecule has 3 amide bonds. The van der Waals surface area contributed by atoms with Gasteiger partial charge in [-0.2, -0.15) is 0 Å². The molecule has 0 aromatic heterocycles. The number of hydrogen-bond acceptors (Lipinski definition) is 4. The van der Waals surface area contributed by atoms with Gasteiger partial charge in [-0.1, -0.05) is 30.3 Å². The molecule has 1 aromatic rings. The van der Waals surface area contributed by atoms with Crippen LogP contribution in [0.1, 0.15) is 12.5 Å². The molecule has 1 atom stereocenters. The number of hydrogen-bond donors (Lipinski definition) is 2. The molecule has 1 aromatic carbocycles. The van der Waals surface area contributed by atoms with Crippen LogP contribution in [-0.4, -0.2) is 66.3 Å². The molecule has 130 valence electrons. The molecule has 1 fully saturated rings. The number of amides is 3. The minimum Gasteiger partial charge on any atom is -0.368 e. The molecule has 7 nitrogen and oxygen atoms in total. The molecule has 0 bridgehead atoms. The summed E-state index contributed by atoms with van der Waals surface area (Å²) in [4.78, 5) is 38.4. The number of nitrogens with two attached hydrogens (primary N) is 1. The Morgan fingerprint density at radius 1 is 1.21 bits per heavy atom. The van der Waals surface area contributed by atoms with Gasteiger partial charge in [-0.3, -0.25) is 19.3 Å². The van der Waals surface area contributed by atoms with E-state index in [1.807, 2.05) is 35.2 Å². The summed E-state index contributed by atoms with van der Waals surface area (Å²) in [6, 6.07) is 9.54. The molecule has 0 aliphatic carbocycles. The lowest BCUT2D eigenvalue weighted by Crippen LogP contribution is -2.60. The Bertz CT molecular complexity index is 591. The van der Waals surface area contributed by atoms with Gasteiger partial charge in [-0.15, -0.1) is 0 Å². The molecule has 0 saturated carbocycles. The van der Waals surface area contributed by atoms with Crippen LogP contribution in [0.2, 0.25) is 0 Å². The smallest absolute Gasteiger partial charge is 0.242 e. The van der Waals surface area contributed by atoms with Crippen molar-refractivity contribution < 1.29 is 14.4 Å². The number of nitrogens with one attached hydrogen (secondary N) is 1. The number of piperazine rings is 1. The van der Waals surface area contributed by atoms with Crippen LogP contribution >= 0.6 is 0 Å². The van der Waals surface area contributed by atoms with Gasteiger partial charge in [-0.25, -0.2) is 0 Å². The van der Waals surface area contributed by atoms with Gasteiger partial charge in [-0.05, 0) is 12.0 Å². The fraction of sp³-hybridized carbons (Fsp3) is 0.471. The fourth-order valence-corrected chi connectivity index (χ4v) is 2.81. The summed E-state index contributed by atoms with van der Waals surface area (Å²) in [5.41, 5.74) is 6.72. The molecule has 1 aliphatic heterocycles. The third kappa shape index (κ3) is 5.06. The van der Waals surface area contributed by atoms with Crippen molar-refractivity contribution >= 4 is 17.7 Å². The lowest BCUT2D eigenvalue weighted by Gasteiger charge is -2.40. The van der Waals surface area contributed by atoms with Gasteiger partial charge in [0.1, 0.15) is 6.04 Å². The average Bonchev–Trinajstić information content (AvgIpc) is 2.58. The molecule has 0 spiro atoms. The van der Waals surface area contributed by atoms with E-state index in [1.54, 1.807) is 4.90 Å². The van der Waals surface area contributed by atoms with Gasteiger partial charge in [0.05, 0.1) is 6.54 Å². The zero-order valence-electron chi connectivity index (χ0n) is 13.9. The Kier molecular flexibility index (Phi) is 6.31. The first-order valence-electron chi connectivity index (χ1n) is 8.07. The Hall–Kier alpha value is -2.41. The maximum Gasteiger partial charge on any atom is 0.242 e. The molecule has 0 radical (unpaired) electrons. The molecule has 24 heavy (non-hydrogen) atoms. The third-order valence-corrected chi connectivity index (χ3v) is 4.19. The minimum atomic E-state index is -0.497. The van der Waals surface area contributed by atoms with E-state index >= 15 is 0 Å². The van der Waals surface area contributed by atoms with Gasteiger partial charge in [0, 0.05) is 33.1 Å². The van der Waals surface area contributed by atoms with Gasteiger partial charge in [0.25, 0.3) is 0 Å². The van der Waals surface area contributed by atoms with Crippen molar-refractivity contribution in [2.75, 3.05) is 32.7 Å². The molecule has 0 unspecified atom stereocenters.